The lowest BCUT2D eigenvalue weighted by molar-refractivity contribution is 0.274. The van der Waals surface area contributed by atoms with E-state index >= 15 is 0 Å². The van der Waals surface area contributed by atoms with Crippen molar-refractivity contribution >= 4 is 21.6 Å². The third kappa shape index (κ3) is 3.41. The molecule has 0 aromatic carbocycles. The molecule has 0 N–H and O–H groups in total. The molecule has 0 aliphatic heterocycles. The zero-order valence-electron chi connectivity index (χ0n) is 12.0. The highest BCUT2D eigenvalue weighted by Gasteiger charge is 2.40. The summed E-state index contributed by atoms with van der Waals surface area (Å²) in [6.45, 7) is 0.637. The van der Waals surface area contributed by atoms with Gasteiger partial charge in [-0.25, -0.2) is 13.4 Å². The number of sulfonamides is 1. The molecule has 2 saturated carbocycles. The van der Waals surface area contributed by atoms with Crippen LogP contribution < -0.4 is 0 Å². The molecule has 2 fully saturated rings. The molecule has 0 unspecified atom stereocenters. The molecule has 0 amide bonds. The van der Waals surface area contributed by atoms with Gasteiger partial charge in [-0.05, 0) is 43.7 Å². The number of hydrogen-bond acceptors (Lipinski definition) is 3. The van der Waals surface area contributed by atoms with Gasteiger partial charge in [0, 0.05) is 18.8 Å². The van der Waals surface area contributed by atoms with Crippen LogP contribution in [0.1, 0.15) is 44.9 Å². The van der Waals surface area contributed by atoms with Gasteiger partial charge in [0.15, 0.2) is 0 Å². The second-order valence-electron chi connectivity index (χ2n) is 6.10. The molecular formula is C15H21ClN2O2S. The predicted octanol–water partition coefficient (Wildman–Crippen LogP) is 3.47. The molecule has 0 saturated heterocycles. The Bertz CT molecular complexity index is 595. The van der Waals surface area contributed by atoms with Crippen LogP contribution in [-0.2, 0) is 10.0 Å². The Morgan fingerprint density at radius 2 is 1.90 bits per heavy atom. The largest absolute Gasteiger partial charge is 0.246 e. The maximum atomic E-state index is 12.9. The van der Waals surface area contributed by atoms with Gasteiger partial charge >= 0.3 is 0 Å². The summed E-state index contributed by atoms with van der Waals surface area (Å²) in [6.07, 6.45) is 9.44. The Hall–Kier alpha value is -0.650. The molecule has 1 heterocycles. The first-order valence-electron chi connectivity index (χ1n) is 7.71. The quantitative estimate of drug-likeness (QED) is 0.778. The van der Waals surface area contributed by atoms with Crippen molar-refractivity contribution in [3.05, 3.63) is 23.5 Å². The van der Waals surface area contributed by atoms with Gasteiger partial charge < -0.3 is 0 Å². The van der Waals surface area contributed by atoms with Crippen LogP contribution in [0.15, 0.2) is 23.2 Å². The Balaban J connectivity index is 1.84. The standard InChI is InChI=1S/C15H21ClN2O2S/c16-15-14(7-4-10-17-15)21(19,20)18(13-8-9-13)11-12-5-2-1-3-6-12/h4,7,10,12-13H,1-3,5-6,8-9,11H2. The van der Waals surface area contributed by atoms with Crippen LogP contribution in [0.25, 0.3) is 0 Å². The molecule has 2 aliphatic rings. The Labute approximate surface area is 131 Å². The minimum atomic E-state index is -3.53. The lowest BCUT2D eigenvalue weighted by atomic mass is 9.89. The van der Waals surface area contributed by atoms with Crippen molar-refractivity contribution in [1.82, 2.24) is 9.29 Å². The predicted molar refractivity (Wildman–Crippen MR) is 82.7 cm³/mol. The van der Waals surface area contributed by atoms with Crippen molar-refractivity contribution < 1.29 is 8.42 Å². The van der Waals surface area contributed by atoms with E-state index in [1.54, 1.807) is 16.4 Å². The Kier molecular flexibility index (Phi) is 4.52. The average Bonchev–Trinajstić information content (AvgIpc) is 3.30. The van der Waals surface area contributed by atoms with E-state index in [0.717, 1.165) is 25.7 Å². The molecule has 2 aliphatic carbocycles. The molecular weight excluding hydrogens is 308 g/mol. The molecule has 6 heteroatoms. The number of rotatable bonds is 5. The lowest BCUT2D eigenvalue weighted by Crippen LogP contribution is -2.38. The maximum Gasteiger partial charge on any atom is 0.246 e. The van der Waals surface area contributed by atoms with Crippen LogP contribution in [0.3, 0.4) is 0 Å². The third-order valence-electron chi connectivity index (χ3n) is 4.43. The van der Waals surface area contributed by atoms with E-state index in [-0.39, 0.29) is 16.1 Å². The summed E-state index contributed by atoms with van der Waals surface area (Å²) in [4.78, 5) is 4.06. The summed E-state index contributed by atoms with van der Waals surface area (Å²) < 4.78 is 27.5. The fraction of sp³-hybridized carbons (Fsp3) is 0.667. The molecule has 0 atom stereocenters. The molecule has 1 aromatic rings. The molecule has 21 heavy (non-hydrogen) atoms. The molecule has 116 valence electrons. The lowest BCUT2D eigenvalue weighted by Gasteiger charge is -2.29. The molecule has 3 rings (SSSR count). The van der Waals surface area contributed by atoms with Gasteiger partial charge in [-0.2, -0.15) is 4.31 Å². The monoisotopic (exact) mass is 328 g/mol. The van der Waals surface area contributed by atoms with Crippen molar-refractivity contribution in [1.29, 1.82) is 0 Å². The fourth-order valence-corrected chi connectivity index (χ4v) is 5.31. The van der Waals surface area contributed by atoms with E-state index in [9.17, 15) is 8.42 Å². The highest BCUT2D eigenvalue weighted by Crippen LogP contribution is 2.36. The molecule has 1 aromatic heterocycles. The molecule has 0 bridgehead atoms. The van der Waals surface area contributed by atoms with E-state index in [4.69, 9.17) is 11.6 Å². The fourth-order valence-electron chi connectivity index (χ4n) is 3.12. The van der Waals surface area contributed by atoms with E-state index in [1.807, 2.05) is 0 Å². The zero-order valence-corrected chi connectivity index (χ0v) is 13.6. The van der Waals surface area contributed by atoms with Crippen molar-refractivity contribution in [2.75, 3.05) is 6.54 Å². The molecule has 0 radical (unpaired) electrons. The number of aromatic nitrogens is 1. The topological polar surface area (TPSA) is 50.3 Å². The average molecular weight is 329 g/mol. The van der Waals surface area contributed by atoms with Crippen molar-refractivity contribution in [3.8, 4) is 0 Å². The Morgan fingerprint density at radius 1 is 1.19 bits per heavy atom. The number of halogens is 1. The van der Waals surface area contributed by atoms with Gasteiger partial charge in [0.2, 0.25) is 10.0 Å². The highest BCUT2D eigenvalue weighted by molar-refractivity contribution is 7.89. The summed E-state index contributed by atoms with van der Waals surface area (Å²) in [7, 11) is -3.53. The number of nitrogens with zero attached hydrogens (tertiary/aromatic N) is 2. The van der Waals surface area contributed by atoms with E-state index < -0.39 is 10.0 Å². The second kappa shape index (κ2) is 6.23. The highest BCUT2D eigenvalue weighted by atomic mass is 35.5. The summed E-state index contributed by atoms with van der Waals surface area (Å²) in [5, 5.41) is 0.0757. The summed E-state index contributed by atoms with van der Waals surface area (Å²) in [5.74, 6) is 0.490. The third-order valence-corrected chi connectivity index (χ3v) is 6.79. The van der Waals surface area contributed by atoms with E-state index in [0.29, 0.717) is 12.5 Å². The normalized spacial score (nSPS) is 20.9. The molecule has 0 spiro atoms. The minimum Gasteiger partial charge on any atom is -0.243 e. The van der Waals surface area contributed by atoms with Gasteiger partial charge in [-0.15, -0.1) is 0 Å². The van der Waals surface area contributed by atoms with Crippen LogP contribution in [0.5, 0.6) is 0 Å². The number of pyridine rings is 1. The minimum absolute atomic E-state index is 0.0757. The summed E-state index contributed by atoms with van der Waals surface area (Å²) in [6, 6.07) is 3.35. The van der Waals surface area contributed by atoms with Crippen LogP contribution >= 0.6 is 11.6 Å². The van der Waals surface area contributed by atoms with Crippen LogP contribution in [0, 0.1) is 5.92 Å². The van der Waals surface area contributed by atoms with Gasteiger partial charge in [-0.3, -0.25) is 0 Å². The van der Waals surface area contributed by atoms with Crippen molar-refractivity contribution in [3.63, 3.8) is 0 Å². The molecule has 4 nitrogen and oxygen atoms in total. The summed E-state index contributed by atoms with van der Waals surface area (Å²) >= 11 is 6.00. The van der Waals surface area contributed by atoms with Crippen LogP contribution in [-0.4, -0.2) is 30.3 Å². The first-order valence-corrected chi connectivity index (χ1v) is 9.53. The first kappa shape index (κ1) is 15.3. The number of hydrogen-bond donors (Lipinski definition) is 0. The van der Waals surface area contributed by atoms with E-state index in [2.05, 4.69) is 4.98 Å². The van der Waals surface area contributed by atoms with Crippen molar-refractivity contribution in [2.45, 2.75) is 55.9 Å². The smallest absolute Gasteiger partial charge is 0.243 e. The van der Waals surface area contributed by atoms with Gasteiger partial charge in [0.1, 0.15) is 10.0 Å². The second-order valence-corrected chi connectivity index (χ2v) is 8.32. The van der Waals surface area contributed by atoms with Gasteiger partial charge in [-0.1, -0.05) is 30.9 Å². The first-order chi connectivity index (χ1) is 10.1. The van der Waals surface area contributed by atoms with Gasteiger partial charge in [0.05, 0.1) is 0 Å². The van der Waals surface area contributed by atoms with E-state index in [1.165, 1.54) is 25.5 Å². The van der Waals surface area contributed by atoms with Crippen molar-refractivity contribution in [2.24, 2.45) is 5.92 Å². The zero-order chi connectivity index (χ0) is 14.9. The Morgan fingerprint density at radius 3 is 2.52 bits per heavy atom. The van der Waals surface area contributed by atoms with Gasteiger partial charge in [0.25, 0.3) is 0 Å². The summed E-state index contributed by atoms with van der Waals surface area (Å²) in [5.41, 5.74) is 0. The van der Waals surface area contributed by atoms with Crippen LogP contribution in [0.2, 0.25) is 5.15 Å². The SMILES string of the molecule is O=S(=O)(c1cccnc1Cl)N(CC1CCCCC1)C1CC1. The maximum absolute atomic E-state index is 12.9. The van der Waals surface area contributed by atoms with Crippen LogP contribution in [0.4, 0.5) is 0 Å².